The number of alkyl halides is 1. The van der Waals surface area contributed by atoms with Crippen LogP contribution in [0.25, 0.3) is 0 Å². The number of hydrogen-bond donors (Lipinski definition) is 0. The maximum atomic E-state index is 12.6. The summed E-state index contributed by atoms with van der Waals surface area (Å²) in [6.07, 6.45) is 3.26. The van der Waals surface area contributed by atoms with Crippen molar-refractivity contribution in [1.82, 2.24) is 4.90 Å². The molecule has 0 heterocycles. The zero-order valence-corrected chi connectivity index (χ0v) is 12.4. The first-order valence-electron chi connectivity index (χ1n) is 6.38. The van der Waals surface area contributed by atoms with Gasteiger partial charge < -0.3 is 9.64 Å². The van der Waals surface area contributed by atoms with Crippen LogP contribution < -0.4 is 4.74 Å². The molecule has 0 aromatic heterocycles. The number of methoxy groups -OCH3 is 1. The van der Waals surface area contributed by atoms with Crippen molar-refractivity contribution in [1.29, 1.82) is 0 Å². The summed E-state index contributed by atoms with van der Waals surface area (Å²) in [4.78, 5) is 14.5. The van der Waals surface area contributed by atoms with Gasteiger partial charge in [0.05, 0.1) is 12.7 Å². The fourth-order valence-corrected chi connectivity index (χ4v) is 2.60. The van der Waals surface area contributed by atoms with Gasteiger partial charge in [0.15, 0.2) is 0 Å². The van der Waals surface area contributed by atoms with E-state index in [1.807, 2.05) is 4.90 Å². The van der Waals surface area contributed by atoms with Crippen LogP contribution in [-0.4, -0.2) is 36.4 Å². The second-order valence-corrected chi connectivity index (χ2v) is 5.43. The van der Waals surface area contributed by atoms with Gasteiger partial charge in [0.25, 0.3) is 5.91 Å². The lowest BCUT2D eigenvalue weighted by molar-refractivity contribution is 0.0594. The Hall–Kier alpha value is -0.930. The summed E-state index contributed by atoms with van der Waals surface area (Å²) in [5.41, 5.74) is 0.506. The molecule has 1 aromatic carbocycles. The molecule has 0 N–H and O–H groups in total. The van der Waals surface area contributed by atoms with Crippen LogP contribution in [-0.2, 0) is 0 Å². The third-order valence-corrected chi connectivity index (χ3v) is 3.90. The topological polar surface area (TPSA) is 29.5 Å². The molecular formula is C14H17Cl2NO2. The summed E-state index contributed by atoms with van der Waals surface area (Å²) in [6.45, 7) is 0.556. The second-order valence-electron chi connectivity index (χ2n) is 4.62. The first kappa shape index (κ1) is 14.5. The first-order chi connectivity index (χ1) is 9.17. The third-order valence-electron chi connectivity index (χ3n) is 3.49. The molecule has 104 valence electrons. The number of carbonyl (C=O) groups is 1. The summed E-state index contributed by atoms with van der Waals surface area (Å²) < 4.78 is 5.24. The molecule has 0 aliphatic heterocycles. The number of halogens is 2. The fourth-order valence-electron chi connectivity index (χ4n) is 2.24. The second kappa shape index (κ2) is 6.49. The molecule has 1 saturated carbocycles. The zero-order chi connectivity index (χ0) is 13.8. The molecule has 0 saturated heterocycles. The molecule has 19 heavy (non-hydrogen) atoms. The van der Waals surface area contributed by atoms with Crippen LogP contribution in [0.4, 0.5) is 0 Å². The van der Waals surface area contributed by atoms with Crippen LogP contribution in [0.3, 0.4) is 0 Å². The molecule has 0 atom stereocenters. The van der Waals surface area contributed by atoms with Gasteiger partial charge in [0, 0.05) is 23.5 Å². The van der Waals surface area contributed by atoms with Crippen LogP contribution in [0, 0.1) is 0 Å². The van der Waals surface area contributed by atoms with E-state index in [4.69, 9.17) is 27.9 Å². The van der Waals surface area contributed by atoms with Crippen molar-refractivity contribution < 1.29 is 9.53 Å². The lowest BCUT2D eigenvalue weighted by Gasteiger charge is -2.37. The third kappa shape index (κ3) is 3.15. The van der Waals surface area contributed by atoms with E-state index in [1.165, 1.54) is 6.42 Å². The number of hydrogen-bond acceptors (Lipinski definition) is 2. The Labute approximate surface area is 123 Å². The molecule has 0 bridgehead atoms. The number of ether oxygens (including phenoxy) is 1. The maximum Gasteiger partial charge on any atom is 0.257 e. The van der Waals surface area contributed by atoms with Gasteiger partial charge in [-0.15, -0.1) is 11.6 Å². The quantitative estimate of drug-likeness (QED) is 0.778. The standard InChI is InChI=1S/C14H17Cl2NO2/c1-19-13-6-5-10(16)9-12(13)14(18)17(8-7-15)11-3-2-4-11/h5-6,9,11H,2-4,7-8H2,1H3. The average molecular weight is 302 g/mol. The van der Waals surface area contributed by atoms with Gasteiger partial charge in [0.1, 0.15) is 5.75 Å². The molecule has 5 heteroatoms. The maximum absolute atomic E-state index is 12.6. The van der Waals surface area contributed by atoms with Gasteiger partial charge in [0.2, 0.25) is 0 Å². The van der Waals surface area contributed by atoms with Crippen molar-refractivity contribution in [3.63, 3.8) is 0 Å². The lowest BCUT2D eigenvalue weighted by Crippen LogP contribution is -2.45. The highest BCUT2D eigenvalue weighted by molar-refractivity contribution is 6.31. The highest BCUT2D eigenvalue weighted by atomic mass is 35.5. The molecule has 1 aliphatic rings. The number of carbonyl (C=O) groups excluding carboxylic acids is 1. The number of amides is 1. The van der Waals surface area contributed by atoms with E-state index in [1.54, 1.807) is 25.3 Å². The van der Waals surface area contributed by atoms with Crippen LogP contribution >= 0.6 is 23.2 Å². The van der Waals surface area contributed by atoms with Gasteiger partial charge in [-0.05, 0) is 37.5 Å². The summed E-state index contributed by atoms with van der Waals surface area (Å²) in [7, 11) is 1.55. The van der Waals surface area contributed by atoms with Crippen molar-refractivity contribution in [2.45, 2.75) is 25.3 Å². The summed E-state index contributed by atoms with van der Waals surface area (Å²) in [5, 5.41) is 0.531. The Bertz CT molecular complexity index is 461. The number of benzene rings is 1. The summed E-state index contributed by atoms with van der Waals surface area (Å²) >= 11 is 11.8. The van der Waals surface area contributed by atoms with Crippen molar-refractivity contribution in [3.05, 3.63) is 28.8 Å². The van der Waals surface area contributed by atoms with Crippen molar-refractivity contribution >= 4 is 29.1 Å². The van der Waals surface area contributed by atoms with E-state index < -0.39 is 0 Å². The first-order valence-corrected chi connectivity index (χ1v) is 7.29. The van der Waals surface area contributed by atoms with E-state index in [0.29, 0.717) is 34.8 Å². The van der Waals surface area contributed by atoms with Gasteiger partial charge >= 0.3 is 0 Å². The minimum absolute atomic E-state index is 0.0512. The van der Waals surface area contributed by atoms with E-state index in [2.05, 4.69) is 0 Å². The average Bonchev–Trinajstić information content (AvgIpc) is 2.35. The van der Waals surface area contributed by atoms with Crippen LogP contribution in [0.15, 0.2) is 18.2 Å². The Morgan fingerprint density at radius 2 is 2.21 bits per heavy atom. The van der Waals surface area contributed by atoms with Crippen LogP contribution in [0.5, 0.6) is 5.75 Å². The molecule has 1 aliphatic carbocycles. The summed E-state index contributed by atoms with van der Waals surface area (Å²) in [6, 6.07) is 5.39. The van der Waals surface area contributed by atoms with Gasteiger partial charge in [-0.25, -0.2) is 0 Å². The number of nitrogens with zero attached hydrogens (tertiary/aromatic N) is 1. The highest BCUT2D eigenvalue weighted by Crippen LogP contribution is 2.29. The monoisotopic (exact) mass is 301 g/mol. The van der Waals surface area contributed by atoms with E-state index in [-0.39, 0.29) is 5.91 Å². The minimum atomic E-state index is -0.0512. The molecule has 0 spiro atoms. The van der Waals surface area contributed by atoms with Crippen molar-refractivity contribution in [2.24, 2.45) is 0 Å². The SMILES string of the molecule is COc1ccc(Cl)cc1C(=O)N(CCCl)C1CCC1. The highest BCUT2D eigenvalue weighted by Gasteiger charge is 2.30. The van der Waals surface area contributed by atoms with Crippen molar-refractivity contribution in [2.75, 3.05) is 19.5 Å². The van der Waals surface area contributed by atoms with Crippen molar-refractivity contribution in [3.8, 4) is 5.75 Å². The van der Waals surface area contributed by atoms with Crippen LogP contribution in [0.1, 0.15) is 29.6 Å². The van der Waals surface area contributed by atoms with E-state index in [0.717, 1.165) is 12.8 Å². The summed E-state index contributed by atoms with van der Waals surface area (Å²) in [5.74, 6) is 0.934. The van der Waals surface area contributed by atoms with Gasteiger partial charge in [-0.3, -0.25) is 4.79 Å². The molecular weight excluding hydrogens is 285 g/mol. The molecule has 1 aromatic rings. The molecule has 1 amide bonds. The molecule has 1 fully saturated rings. The minimum Gasteiger partial charge on any atom is -0.496 e. The Morgan fingerprint density at radius 1 is 1.47 bits per heavy atom. The Balaban J connectivity index is 2.27. The van der Waals surface area contributed by atoms with Gasteiger partial charge in [-0.1, -0.05) is 11.6 Å². The van der Waals surface area contributed by atoms with Crippen LogP contribution in [0.2, 0.25) is 5.02 Å². The zero-order valence-electron chi connectivity index (χ0n) is 10.9. The predicted octanol–water partition coefficient (Wildman–Crippen LogP) is 3.58. The Morgan fingerprint density at radius 3 is 2.74 bits per heavy atom. The normalized spacial score (nSPS) is 14.9. The molecule has 0 unspecified atom stereocenters. The Kier molecular flexibility index (Phi) is 4.94. The van der Waals surface area contributed by atoms with E-state index in [9.17, 15) is 4.79 Å². The number of rotatable bonds is 5. The smallest absolute Gasteiger partial charge is 0.257 e. The largest absolute Gasteiger partial charge is 0.496 e. The molecule has 0 radical (unpaired) electrons. The van der Waals surface area contributed by atoms with Gasteiger partial charge in [-0.2, -0.15) is 0 Å². The fraction of sp³-hybridized carbons (Fsp3) is 0.500. The molecule has 2 rings (SSSR count). The van der Waals surface area contributed by atoms with E-state index >= 15 is 0 Å². The lowest BCUT2D eigenvalue weighted by atomic mass is 9.91. The molecule has 3 nitrogen and oxygen atoms in total. The predicted molar refractivity (Wildman–Crippen MR) is 77.4 cm³/mol.